The summed E-state index contributed by atoms with van der Waals surface area (Å²) < 4.78 is 31.1. The molecule has 6 rings (SSSR count). The van der Waals surface area contributed by atoms with Gasteiger partial charge in [-0.1, -0.05) is 18.6 Å². The molecule has 2 aromatic carbocycles. The minimum absolute atomic E-state index is 0.150. The number of ether oxygens (including phenoxy) is 2. The number of piperidine rings is 1. The Balaban J connectivity index is 1.24. The predicted octanol–water partition coefficient (Wildman–Crippen LogP) is 5.16. The molecular weight excluding hydrogens is 501 g/mol. The first-order chi connectivity index (χ1) is 19.0. The van der Waals surface area contributed by atoms with Crippen LogP contribution in [0.3, 0.4) is 0 Å². The van der Waals surface area contributed by atoms with Gasteiger partial charge in [-0.05, 0) is 55.5 Å². The van der Waals surface area contributed by atoms with Gasteiger partial charge in [-0.3, -0.25) is 4.79 Å². The molecule has 0 radical (unpaired) electrons. The Morgan fingerprint density at radius 3 is 2.23 bits per heavy atom. The van der Waals surface area contributed by atoms with Gasteiger partial charge in [0.25, 0.3) is 5.91 Å². The monoisotopic (exact) mass is 535 g/mol. The lowest BCUT2D eigenvalue weighted by Gasteiger charge is -2.41. The lowest BCUT2D eigenvalue weighted by atomic mass is 9.90. The average molecular weight is 536 g/mol. The summed E-state index contributed by atoms with van der Waals surface area (Å²) in [5, 5.41) is 0.769. The van der Waals surface area contributed by atoms with Crippen LogP contribution in [0.15, 0.2) is 46.9 Å². The van der Waals surface area contributed by atoms with Crippen LogP contribution in [0.4, 0.5) is 9.18 Å². The lowest BCUT2D eigenvalue weighted by Crippen LogP contribution is -2.50. The molecule has 0 N–H and O–H groups in total. The molecular formula is C30H34FN3O5. The zero-order valence-corrected chi connectivity index (χ0v) is 22.2. The fourth-order valence-corrected chi connectivity index (χ4v) is 5.87. The first kappa shape index (κ1) is 25.7. The van der Waals surface area contributed by atoms with Crippen molar-refractivity contribution in [1.82, 2.24) is 14.7 Å². The normalized spacial score (nSPS) is 19.2. The minimum atomic E-state index is -0.404. The van der Waals surface area contributed by atoms with E-state index in [1.165, 1.54) is 38.5 Å². The summed E-state index contributed by atoms with van der Waals surface area (Å²) >= 11 is 0. The first-order valence-corrected chi connectivity index (χ1v) is 13.9. The number of rotatable bonds is 5. The van der Waals surface area contributed by atoms with Crippen LogP contribution < -0.4 is 4.74 Å². The Bertz CT molecular complexity index is 1340. The Hall–Kier alpha value is -3.59. The van der Waals surface area contributed by atoms with E-state index in [2.05, 4.69) is 4.90 Å². The van der Waals surface area contributed by atoms with Crippen molar-refractivity contribution < 1.29 is 27.9 Å². The highest BCUT2D eigenvalue weighted by molar-refractivity contribution is 6.08. The second kappa shape index (κ2) is 10.9. The number of carbonyl (C=O) groups excluding carboxylic acids is 2. The third-order valence-corrected chi connectivity index (χ3v) is 8.36. The molecule has 1 saturated carbocycles. The van der Waals surface area contributed by atoms with Gasteiger partial charge in [0.05, 0.1) is 7.11 Å². The van der Waals surface area contributed by atoms with Crippen molar-refractivity contribution in [3.63, 3.8) is 0 Å². The van der Waals surface area contributed by atoms with E-state index >= 15 is 0 Å². The van der Waals surface area contributed by atoms with Crippen molar-refractivity contribution in [2.24, 2.45) is 0 Å². The summed E-state index contributed by atoms with van der Waals surface area (Å²) in [5.41, 5.74) is 1.88. The molecule has 0 bridgehead atoms. The fourth-order valence-electron chi connectivity index (χ4n) is 5.87. The first-order valence-electron chi connectivity index (χ1n) is 13.9. The summed E-state index contributed by atoms with van der Waals surface area (Å²) in [4.78, 5) is 31.4. The molecule has 0 unspecified atom stereocenters. The number of benzene rings is 2. The minimum Gasteiger partial charge on any atom is -0.490 e. The maximum Gasteiger partial charge on any atom is 0.409 e. The van der Waals surface area contributed by atoms with Crippen LogP contribution in [0.2, 0.25) is 0 Å². The summed E-state index contributed by atoms with van der Waals surface area (Å²) in [6, 6.07) is 12.5. The van der Waals surface area contributed by atoms with Gasteiger partial charge in [-0.15, -0.1) is 0 Å². The number of hydrogen-bond acceptors (Lipinski definition) is 6. The third-order valence-electron chi connectivity index (χ3n) is 8.36. The van der Waals surface area contributed by atoms with E-state index in [1.807, 2.05) is 18.2 Å². The highest BCUT2D eigenvalue weighted by atomic mass is 19.1. The molecule has 206 valence electrons. The molecule has 1 aliphatic carbocycles. The van der Waals surface area contributed by atoms with Crippen molar-refractivity contribution in [2.45, 2.75) is 44.2 Å². The number of likely N-dealkylation sites (tertiary alicyclic amines) is 1. The Kier molecular flexibility index (Phi) is 7.16. The van der Waals surface area contributed by atoms with Crippen molar-refractivity contribution in [2.75, 3.05) is 46.4 Å². The number of furan rings is 1. The molecule has 2 saturated heterocycles. The SMILES string of the molecule is COC(=O)N1CCN(C(=O)c2oc3cc(OC4CCN(C5CCC5)CC4)ccc3c2-c2ccc(F)cc2)CC1. The van der Waals surface area contributed by atoms with Crippen molar-refractivity contribution in [1.29, 1.82) is 0 Å². The van der Waals surface area contributed by atoms with Crippen LogP contribution in [0.1, 0.15) is 42.7 Å². The maximum atomic E-state index is 13.7. The van der Waals surface area contributed by atoms with E-state index in [-0.39, 0.29) is 23.6 Å². The summed E-state index contributed by atoms with van der Waals surface area (Å²) in [6.45, 7) is 3.61. The number of methoxy groups -OCH3 is 1. The molecule has 3 heterocycles. The van der Waals surface area contributed by atoms with E-state index in [0.717, 1.165) is 43.1 Å². The van der Waals surface area contributed by atoms with Crippen molar-refractivity contribution in [3.05, 3.63) is 54.0 Å². The Labute approximate surface area is 227 Å². The topological polar surface area (TPSA) is 75.5 Å². The van der Waals surface area contributed by atoms with Crippen LogP contribution in [-0.4, -0.2) is 85.2 Å². The predicted molar refractivity (Wildman–Crippen MR) is 144 cm³/mol. The molecule has 0 atom stereocenters. The Morgan fingerprint density at radius 1 is 0.897 bits per heavy atom. The standard InChI is InChI=1S/C30H34FN3O5/c1-37-30(36)34-17-15-33(16-18-34)29(35)28-27(20-5-7-21(31)8-6-20)25-10-9-24(19-26(25)39-28)38-23-11-13-32(14-12-23)22-3-2-4-22/h5-10,19,22-23H,2-4,11-18H2,1H3. The van der Waals surface area contributed by atoms with Crippen LogP contribution >= 0.6 is 0 Å². The van der Waals surface area contributed by atoms with Crippen LogP contribution in [-0.2, 0) is 4.74 Å². The molecule has 3 aliphatic rings. The van der Waals surface area contributed by atoms with Gasteiger partial charge in [0.2, 0.25) is 5.76 Å². The van der Waals surface area contributed by atoms with E-state index in [9.17, 15) is 14.0 Å². The van der Waals surface area contributed by atoms with Gasteiger partial charge in [0, 0.05) is 62.3 Å². The number of hydrogen-bond donors (Lipinski definition) is 0. The van der Waals surface area contributed by atoms with Crippen LogP contribution in [0.5, 0.6) is 5.75 Å². The van der Waals surface area contributed by atoms with Gasteiger partial charge in [0.15, 0.2) is 0 Å². The number of piperazine rings is 1. The van der Waals surface area contributed by atoms with Crippen LogP contribution in [0, 0.1) is 5.82 Å². The van der Waals surface area contributed by atoms with Gasteiger partial charge in [-0.25, -0.2) is 9.18 Å². The summed E-state index contributed by atoms with van der Waals surface area (Å²) in [7, 11) is 1.35. The molecule has 9 heteroatoms. The largest absolute Gasteiger partial charge is 0.490 e. The number of amides is 2. The average Bonchev–Trinajstić information content (AvgIpc) is 3.31. The molecule has 8 nitrogen and oxygen atoms in total. The molecule has 39 heavy (non-hydrogen) atoms. The third kappa shape index (κ3) is 5.20. The van der Waals surface area contributed by atoms with E-state index in [4.69, 9.17) is 13.9 Å². The maximum absolute atomic E-state index is 13.7. The number of carbonyl (C=O) groups is 2. The molecule has 3 aromatic rings. The molecule has 1 aromatic heterocycles. The molecule has 3 fully saturated rings. The molecule has 0 spiro atoms. The second-order valence-electron chi connectivity index (χ2n) is 10.7. The zero-order chi connectivity index (χ0) is 26.9. The van der Waals surface area contributed by atoms with Gasteiger partial charge in [0.1, 0.15) is 23.3 Å². The number of fused-ring (bicyclic) bond motifs is 1. The number of halogens is 1. The Morgan fingerprint density at radius 2 is 1.59 bits per heavy atom. The zero-order valence-electron chi connectivity index (χ0n) is 22.2. The lowest BCUT2D eigenvalue weighted by molar-refractivity contribution is 0.0493. The van der Waals surface area contributed by atoms with Crippen molar-refractivity contribution >= 4 is 23.0 Å². The van der Waals surface area contributed by atoms with Crippen LogP contribution in [0.25, 0.3) is 22.1 Å². The summed E-state index contributed by atoms with van der Waals surface area (Å²) in [5.74, 6) is 0.307. The highest BCUT2D eigenvalue weighted by Gasteiger charge is 2.31. The van der Waals surface area contributed by atoms with E-state index < -0.39 is 6.09 Å². The van der Waals surface area contributed by atoms with Gasteiger partial charge < -0.3 is 28.6 Å². The number of nitrogens with zero attached hydrogens (tertiary/aromatic N) is 3. The van der Waals surface area contributed by atoms with E-state index in [1.54, 1.807) is 21.9 Å². The quantitative estimate of drug-likeness (QED) is 0.449. The second-order valence-corrected chi connectivity index (χ2v) is 10.7. The van der Waals surface area contributed by atoms with E-state index in [0.29, 0.717) is 42.9 Å². The fraction of sp³-hybridized carbons (Fsp3) is 0.467. The molecule has 2 aliphatic heterocycles. The smallest absolute Gasteiger partial charge is 0.409 e. The van der Waals surface area contributed by atoms with Gasteiger partial charge >= 0.3 is 6.09 Å². The highest BCUT2D eigenvalue weighted by Crippen LogP contribution is 2.38. The van der Waals surface area contributed by atoms with Crippen molar-refractivity contribution in [3.8, 4) is 16.9 Å². The van der Waals surface area contributed by atoms with Gasteiger partial charge in [-0.2, -0.15) is 0 Å². The molecule has 2 amide bonds. The summed E-state index contributed by atoms with van der Waals surface area (Å²) in [6.07, 6.45) is 5.72.